The zero-order valence-corrected chi connectivity index (χ0v) is 6.58. The van der Waals surface area contributed by atoms with Crippen LogP contribution in [0.25, 0.3) is 0 Å². The summed E-state index contributed by atoms with van der Waals surface area (Å²) in [5, 5.41) is 9.07. The predicted molar refractivity (Wildman–Crippen MR) is 36.9 cm³/mol. The first-order valence-corrected chi connectivity index (χ1v) is 3.84. The molecule has 0 saturated carbocycles. The molecule has 0 aromatic carbocycles. The van der Waals surface area contributed by atoms with Crippen molar-refractivity contribution in [3.05, 3.63) is 22.4 Å². The van der Waals surface area contributed by atoms with Crippen molar-refractivity contribution in [3.8, 4) is 0 Å². The molecule has 1 rings (SSSR count). The summed E-state index contributed by atoms with van der Waals surface area (Å²) in [6, 6.07) is 3.86. The second-order valence-corrected chi connectivity index (χ2v) is 3.11. The van der Waals surface area contributed by atoms with Gasteiger partial charge in [0.15, 0.2) is 0 Å². The number of hydrogen-bond acceptors (Lipinski definition) is 2. The van der Waals surface area contributed by atoms with E-state index in [1.165, 1.54) is 0 Å². The van der Waals surface area contributed by atoms with Crippen LogP contribution < -0.4 is 0 Å². The molecule has 0 atom stereocenters. The SMILES string of the molecule is N=C([Se])c1cccs1. The third-order valence-electron chi connectivity index (χ3n) is 0.745. The van der Waals surface area contributed by atoms with E-state index in [0.717, 1.165) is 4.88 Å². The molecular weight excluding hydrogens is 185 g/mol. The van der Waals surface area contributed by atoms with Crippen molar-refractivity contribution in [3.63, 3.8) is 0 Å². The topological polar surface area (TPSA) is 23.9 Å². The van der Waals surface area contributed by atoms with Crippen LogP contribution in [0.2, 0.25) is 0 Å². The van der Waals surface area contributed by atoms with Crippen LogP contribution >= 0.6 is 11.3 Å². The Balaban J connectivity index is 2.93. The standard InChI is InChI=1S/C5H4NSSe/c6-5(8)4-2-1-3-7-4/h1-3,6H. The van der Waals surface area contributed by atoms with Crippen molar-refractivity contribution < 1.29 is 0 Å². The van der Waals surface area contributed by atoms with Crippen LogP contribution in [-0.4, -0.2) is 20.6 Å². The first-order valence-electron chi connectivity index (χ1n) is 2.10. The van der Waals surface area contributed by atoms with E-state index in [2.05, 4.69) is 16.0 Å². The Hall–Kier alpha value is -0.111. The van der Waals surface area contributed by atoms with E-state index in [4.69, 9.17) is 5.41 Å². The average molecular weight is 189 g/mol. The average Bonchev–Trinajstić information content (AvgIpc) is 2.12. The normalized spacial score (nSPS) is 9.00. The molecular formula is C5H4NSSe. The van der Waals surface area contributed by atoms with Gasteiger partial charge in [-0.1, -0.05) is 0 Å². The van der Waals surface area contributed by atoms with Crippen LogP contribution in [0.3, 0.4) is 0 Å². The first kappa shape index (κ1) is 6.02. The molecule has 1 radical (unpaired) electrons. The second-order valence-electron chi connectivity index (χ2n) is 1.31. The van der Waals surface area contributed by atoms with Crippen LogP contribution in [0, 0.1) is 5.41 Å². The van der Waals surface area contributed by atoms with Gasteiger partial charge in [-0.05, 0) is 0 Å². The molecule has 0 unspecified atom stereocenters. The molecule has 3 heteroatoms. The van der Waals surface area contributed by atoms with Crippen molar-refractivity contribution in [2.45, 2.75) is 0 Å². The zero-order valence-electron chi connectivity index (χ0n) is 4.05. The summed E-state index contributed by atoms with van der Waals surface area (Å²) in [7, 11) is 0. The van der Waals surface area contributed by atoms with Gasteiger partial charge in [0.2, 0.25) is 0 Å². The number of rotatable bonds is 1. The van der Waals surface area contributed by atoms with Crippen molar-refractivity contribution in [1.82, 2.24) is 0 Å². The van der Waals surface area contributed by atoms with Gasteiger partial charge in [0, 0.05) is 0 Å². The molecule has 8 heavy (non-hydrogen) atoms. The predicted octanol–water partition coefficient (Wildman–Crippen LogP) is 1.24. The van der Waals surface area contributed by atoms with Crippen molar-refractivity contribution in [1.29, 1.82) is 5.41 Å². The van der Waals surface area contributed by atoms with E-state index in [-0.39, 0.29) is 0 Å². The molecule has 0 spiro atoms. The van der Waals surface area contributed by atoms with Gasteiger partial charge in [0.25, 0.3) is 0 Å². The van der Waals surface area contributed by atoms with Gasteiger partial charge >= 0.3 is 59.8 Å². The summed E-state index contributed by atoms with van der Waals surface area (Å²) in [6.07, 6.45) is 0. The Morgan fingerprint density at radius 2 is 2.50 bits per heavy atom. The molecule has 0 bridgehead atoms. The van der Waals surface area contributed by atoms with Gasteiger partial charge in [-0.2, -0.15) is 0 Å². The van der Waals surface area contributed by atoms with Gasteiger partial charge in [0.1, 0.15) is 0 Å². The summed E-state index contributed by atoms with van der Waals surface area (Å²) >= 11 is 4.21. The monoisotopic (exact) mass is 190 g/mol. The van der Waals surface area contributed by atoms with Crippen LogP contribution in [0.15, 0.2) is 17.5 Å². The van der Waals surface area contributed by atoms with Crippen molar-refractivity contribution >= 4 is 32.0 Å². The fourth-order valence-corrected chi connectivity index (χ4v) is 1.42. The van der Waals surface area contributed by atoms with Crippen LogP contribution in [-0.2, 0) is 0 Å². The second kappa shape index (κ2) is 2.44. The summed E-state index contributed by atoms with van der Waals surface area (Å²) in [4.78, 5) is 1.00. The quantitative estimate of drug-likeness (QED) is 0.507. The minimum atomic E-state index is 0.528. The van der Waals surface area contributed by atoms with E-state index in [0.29, 0.717) is 4.61 Å². The fraction of sp³-hybridized carbons (Fsp3) is 0. The van der Waals surface area contributed by atoms with E-state index in [1.54, 1.807) is 11.3 Å². The van der Waals surface area contributed by atoms with Gasteiger partial charge < -0.3 is 0 Å². The van der Waals surface area contributed by atoms with E-state index in [1.807, 2.05) is 17.5 Å². The number of nitrogens with one attached hydrogen (secondary N) is 1. The third-order valence-corrected chi connectivity index (χ3v) is 2.39. The number of hydrogen-bond donors (Lipinski definition) is 1. The van der Waals surface area contributed by atoms with Crippen LogP contribution in [0.1, 0.15) is 4.88 Å². The molecule has 0 aliphatic heterocycles. The molecule has 1 N–H and O–H groups in total. The Morgan fingerprint density at radius 1 is 1.75 bits per heavy atom. The summed E-state index contributed by atoms with van der Waals surface area (Å²) in [6.45, 7) is 0. The van der Waals surface area contributed by atoms with E-state index in [9.17, 15) is 0 Å². The Bertz CT molecular complexity index is 180. The molecule has 0 aliphatic carbocycles. The zero-order chi connectivity index (χ0) is 5.98. The molecule has 0 fully saturated rings. The van der Waals surface area contributed by atoms with E-state index < -0.39 is 0 Å². The maximum absolute atomic E-state index is 7.11. The molecule has 0 amide bonds. The molecule has 1 aromatic rings. The Labute approximate surface area is 60.1 Å². The fourth-order valence-electron chi connectivity index (χ4n) is 0.408. The molecule has 1 nitrogen and oxygen atoms in total. The third kappa shape index (κ3) is 1.19. The minimum absolute atomic E-state index is 0.528. The van der Waals surface area contributed by atoms with Crippen LogP contribution in [0.5, 0.6) is 0 Å². The molecule has 1 heterocycles. The van der Waals surface area contributed by atoms with Gasteiger partial charge in [0.05, 0.1) is 0 Å². The van der Waals surface area contributed by atoms with Crippen molar-refractivity contribution in [2.75, 3.05) is 0 Å². The maximum atomic E-state index is 7.11. The molecule has 0 saturated heterocycles. The first-order chi connectivity index (χ1) is 3.80. The molecule has 0 aliphatic rings. The van der Waals surface area contributed by atoms with Gasteiger partial charge in [-0.25, -0.2) is 0 Å². The Kier molecular flexibility index (Phi) is 1.84. The van der Waals surface area contributed by atoms with E-state index >= 15 is 0 Å². The van der Waals surface area contributed by atoms with Crippen molar-refractivity contribution in [2.24, 2.45) is 0 Å². The van der Waals surface area contributed by atoms with Gasteiger partial charge in [-0.15, -0.1) is 0 Å². The summed E-state index contributed by atoms with van der Waals surface area (Å²) in [5.41, 5.74) is 0. The Morgan fingerprint density at radius 3 is 2.75 bits per heavy atom. The van der Waals surface area contributed by atoms with Crippen LogP contribution in [0.4, 0.5) is 0 Å². The molecule has 1 aromatic heterocycles. The summed E-state index contributed by atoms with van der Waals surface area (Å²) in [5.74, 6) is 0. The summed E-state index contributed by atoms with van der Waals surface area (Å²) < 4.78 is 0.528. The molecule has 41 valence electrons. The number of thiophene rings is 1. The van der Waals surface area contributed by atoms with Gasteiger partial charge in [-0.3, -0.25) is 0 Å².